The molecule has 5 rings (SSSR count). The highest BCUT2D eigenvalue weighted by Crippen LogP contribution is 2.37. The zero-order chi connectivity index (χ0) is 38.4. The molecule has 50 heavy (non-hydrogen) atoms. The maximum Gasteiger partial charge on any atom is 0.490 e. The number of likely N-dealkylation sites (tertiary alicyclic amines) is 1. The highest BCUT2D eigenvalue weighted by atomic mass is 19.4. The standard InChI is InChI=1S/C21H24F2N6.3C2HF3O2/c1-27-10-14(9-18(24)20(27)15-8-13(22)4-5-17(15)23)28-11-16-19(12-28)26-29-7-3-2-6-25-21(16)29;3*3-2(4,5)1(6)7/h2-8,14,18,20,25H,9-12,24H2,1H3;3*(H,6,7)/t14-,18+,20-;;;/m1.../s1. The van der Waals surface area contributed by atoms with Gasteiger partial charge < -0.3 is 26.4 Å². The van der Waals surface area contributed by atoms with Crippen LogP contribution in [0.1, 0.15) is 29.3 Å². The molecular formula is C27H27F11N6O6. The lowest BCUT2D eigenvalue weighted by Crippen LogP contribution is -2.54. The van der Waals surface area contributed by atoms with Gasteiger partial charge in [0.15, 0.2) is 0 Å². The maximum absolute atomic E-state index is 14.3. The SMILES string of the molecule is CN1C[C@H](N2Cc3nn4c(c3C2)NC=CC=C4)C[C@H](N)[C@H]1c1cc(F)ccc1F.O=C(O)C(F)(F)F.O=C(O)C(F)(F)F.O=C(O)C(F)(F)F. The molecule has 0 saturated carbocycles. The lowest BCUT2D eigenvalue weighted by Gasteiger charge is -2.44. The van der Waals surface area contributed by atoms with E-state index in [2.05, 4.69) is 10.2 Å². The van der Waals surface area contributed by atoms with Crippen LogP contribution in [0.3, 0.4) is 0 Å². The second-order valence-corrected chi connectivity index (χ2v) is 10.5. The number of likely N-dealkylation sites (N-methyl/N-ethyl adjacent to an activating group) is 1. The number of carbonyl (C=O) groups is 3. The van der Waals surface area contributed by atoms with Crippen LogP contribution < -0.4 is 11.1 Å². The minimum atomic E-state index is -5.08. The number of piperidine rings is 1. The van der Waals surface area contributed by atoms with Crippen molar-refractivity contribution in [2.75, 3.05) is 18.9 Å². The molecule has 1 fully saturated rings. The van der Waals surface area contributed by atoms with Crippen LogP contribution in [0.5, 0.6) is 0 Å². The maximum atomic E-state index is 14.3. The summed E-state index contributed by atoms with van der Waals surface area (Å²) in [5.41, 5.74) is 9.09. The Morgan fingerprint density at radius 1 is 0.880 bits per heavy atom. The summed E-state index contributed by atoms with van der Waals surface area (Å²) in [7, 11) is 1.93. The van der Waals surface area contributed by atoms with E-state index in [1.807, 2.05) is 41.2 Å². The molecule has 1 saturated heterocycles. The van der Waals surface area contributed by atoms with Crippen LogP contribution in [-0.4, -0.2) is 97.0 Å². The first-order chi connectivity index (χ1) is 22.8. The first kappa shape index (κ1) is 41.4. The molecule has 3 aliphatic rings. The number of alkyl halides is 9. The van der Waals surface area contributed by atoms with Crippen LogP contribution in [0.15, 0.2) is 36.6 Å². The fourth-order valence-electron chi connectivity index (χ4n) is 4.86. The number of anilines is 1. The molecule has 0 spiro atoms. The molecule has 12 nitrogen and oxygen atoms in total. The predicted octanol–water partition coefficient (Wildman–Crippen LogP) is 4.56. The summed E-state index contributed by atoms with van der Waals surface area (Å²) >= 11 is 0. The number of benzene rings is 1. The fourth-order valence-corrected chi connectivity index (χ4v) is 4.86. The van der Waals surface area contributed by atoms with Gasteiger partial charge in [0.25, 0.3) is 0 Å². The Balaban J connectivity index is 0.000000338. The molecule has 6 N–H and O–H groups in total. The highest BCUT2D eigenvalue weighted by Gasteiger charge is 2.41. The highest BCUT2D eigenvalue weighted by molar-refractivity contribution is 5.73. The predicted molar refractivity (Wildman–Crippen MR) is 149 cm³/mol. The van der Waals surface area contributed by atoms with Gasteiger partial charge in [-0.05, 0) is 43.8 Å². The molecule has 278 valence electrons. The van der Waals surface area contributed by atoms with Crippen molar-refractivity contribution in [1.82, 2.24) is 19.6 Å². The van der Waals surface area contributed by atoms with Crippen LogP contribution in [0.4, 0.5) is 54.1 Å². The fraction of sp³-hybridized carbons (Fsp3) is 0.407. The second kappa shape index (κ2) is 16.3. The average molecular weight is 741 g/mol. The third-order valence-electron chi connectivity index (χ3n) is 6.90. The second-order valence-electron chi connectivity index (χ2n) is 10.5. The van der Waals surface area contributed by atoms with Gasteiger partial charge in [0.2, 0.25) is 0 Å². The average Bonchev–Trinajstić information content (AvgIpc) is 3.43. The van der Waals surface area contributed by atoms with Crippen LogP contribution in [0, 0.1) is 11.6 Å². The van der Waals surface area contributed by atoms with Crippen molar-refractivity contribution in [3.8, 4) is 0 Å². The summed E-state index contributed by atoms with van der Waals surface area (Å²) < 4.78 is 125. The van der Waals surface area contributed by atoms with Crippen LogP contribution in [-0.2, 0) is 27.5 Å². The quantitative estimate of drug-likeness (QED) is 0.273. The van der Waals surface area contributed by atoms with E-state index in [4.69, 9.17) is 40.5 Å². The molecule has 1 aromatic heterocycles. The normalized spacial score (nSPS) is 20.3. The summed E-state index contributed by atoms with van der Waals surface area (Å²) in [4.78, 5) is 31.1. The van der Waals surface area contributed by atoms with Gasteiger partial charge in [-0.2, -0.15) is 44.6 Å². The lowest BCUT2D eigenvalue weighted by molar-refractivity contribution is -0.193. The number of hydrogen-bond acceptors (Lipinski definition) is 8. The minimum Gasteiger partial charge on any atom is -0.475 e. The Morgan fingerprint density at radius 2 is 1.40 bits per heavy atom. The van der Waals surface area contributed by atoms with Crippen molar-refractivity contribution in [2.24, 2.45) is 5.73 Å². The number of aliphatic carboxylic acids is 3. The van der Waals surface area contributed by atoms with Gasteiger partial charge in [0.1, 0.15) is 17.5 Å². The molecule has 0 radical (unpaired) electrons. The van der Waals surface area contributed by atoms with Gasteiger partial charge in [0, 0.05) is 55.2 Å². The number of nitrogens with zero attached hydrogens (tertiary/aromatic N) is 4. The van der Waals surface area contributed by atoms with E-state index in [1.54, 1.807) is 0 Å². The van der Waals surface area contributed by atoms with Gasteiger partial charge >= 0.3 is 36.4 Å². The summed E-state index contributed by atoms with van der Waals surface area (Å²) in [6.45, 7) is 2.30. The van der Waals surface area contributed by atoms with Gasteiger partial charge in [-0.25, -0.2) is 27.8 Å². The van der Waals surface area contributed by atoms with Crippen molar-refractivity contribution in [3.05, 3.63) is 65.0 Å². The number of carboxylic acids is 3. The van der Waals surface area contributed by atoms with E-state index in [-0.39, 0.29) is 18.1 Å². The third kappa shape index (κ3) is 11.4. The van der Waals surface area contributed by atoms with Crippen LogP contribution in [0.2, 0.25) is 0 Å². The zero-order valence-corrected chi connectivity index (χ0v) is 25.2. The zero-order valence-electron chi connectivity index (χ0n) is 25.2. The Bertz CT molecular complexity index is 1520. The van der Waals surface area contributed by atoms with E-state index in [0.717, 1.165) is 43.6 Å². The van der Waals surface area contributed by atoms with Crippen molar-refractivity contribution in [1.29, 1.82) is 0 Å². The van der Waals surface area contributed by atoms with E-state index in [9.17, 15) is 48.3 Å². The molecule has 1 aromatic carbocycles. The van der Waals surface area contributed by atoms with Gasteiger partial charge in [-0.3, -0.25) is 9.80 Å². The molecular weight excluding hydrogens is 713 g/mol. The number of carboxylic acid groups (broad SMARTS) is 3. The van der Waals surface area contributed by atoms with Crippen molar-refractivity contribution >= 4 is 29.9 Å². The van der Waals surface area contributed by atoms with E-state index < -0.39 is 48.1 Å². The van der Waals surface area contributed by atoms with Crippen LogP contribution in [0.25, 0.3) is 6.20 Å². The first-order valence-electron chi connectivity index (χ1n) is 13.6. The van der Waals surface area contributed by atoms with Crippen molar-refractivity contribution in [2.45, 2.75) is 56.2 Å². The third-order valence-corrected chi connectivity index (χ3v) is 6.90. The Hall–Kier alpha value is -4.77. The van der Waals surface area contributed by atoms with Gasteiger partial charge in [-0.1, -0.05) is 0 Å². The Labute approximate surface area is 273 Å². The summed E-state index contributed by atoms with van der Waals surface area (Å²) in [6.07, 6.45) is -6.80. The van der Waals surface area contributed by atoms with Crippen molar-refractivity contribution < 1.29 is 78.0 Å². The van der Waals surface area contributed by atoms with Gasteiger partial charge in [-0.15, -0.1) is 0 Å². The molecule has 3 aliphatic heterocycles. The molecule has 3 atom stereocenters. The molecule has 0 unspecified atom stereocenters. The summed E-state index contributed by atoms with van der Waals surface area (Å²) in [6, 6.07) is 3.20. The van der Waals surface area contributed by atoms with Gasteiger partial charge in [0.05, 0.1) is 11.7 Å². The Kier molecular flexibility index (Phi) is 13.5. The first-order valence-corrected chi connectivity index (χ1v) is 13.6. The molecule has 23 heteroatoms. The molecule has 4 heterocycles. The smallest absolute Gasteiger partial charge is 0.475 e. The minimum absolute atomic E-state index is 0.231. The number of hydrogen-bond donors (Lipinski definition) is 5. The molecule has 2 aromatic rings. The molecule has 0 bridgehead atoms. The lowest BCUT2D eigenvalue weighted by atomic mass is 9.88. The number of halogens is 11. The van der Waals surface area contributed by atoms with E-state index in [0.29, 0.717) is 5.56 Å². The number of nitrogens with one attached hydrogen (secondary N) is 1. The number of nitrogens with two attached hydrogens (primary N) is 1. The topological polar surface area (TPSA) is 174 Å². The number of rotatable bonds is 2. The number of aromatic nitrogens is 2. The van der Waals surface area contributed by atoms with E-state index in [1.165, 1.54) is 17.7 Å². The largest absolute Gasteiger partial charge is 0.490 e. The van der Waals surface area contributed by atoms with E-state index >= 15 is 0 Å². The van der Waals surface area contributed by atoms with Crippen LogP contribution >= 0.6 is 0 Å². The number of allylic oxidation sites excluding steroid dienone is 2. The summed E-state index contributed by atoms with van der Waals surface area (Å²) in [5.74, 6) is -8.12. The van der Waals surface area contributed by atoms with Crippen molar-refractivity contribution in [3.63, 3.8) is 0 Å². The Morgan fingerprint density at radius 3 is 1.88 bits per heavy atom. The molecule has 0 aliphatic carbocycles. The number of fused-ring (bicyclic) bond motifs is 3. The molecule has 0 amide bonds. The summed E-state index contributed by atoms with van der Waals surface area (Å²) in [5, 5.41) is 29.4. The monoisotopic (exact) mass is 740 g/mol.